The quantitative estimate of drug-likeness (QED) is 0.710. The van der Waals surface area contributed by atoms with E-state index >= 15 is 0 Å². The molecular formula is C20H29N5O. The zero-order valence-electron chi connectivity index (χ0n) is 16.3. The normalized spacial score (nSPS) is 12.8. The second kappa shape index (κ2) is 6.85. The van der Waals surface area contributed by atoms with Crippen molar-refractivity contribution < 1.29 is 5.11 Å². The summed E-state index contributed by atoms with van der Waals surface area (Å²) in [6, 6.07) is 8.35. The van der Waals surface area contributed by atoms with Gasteiger partial charge in [0.05, 0.1) is 29.7 Å². The second-order valence-corrected chi connectivity index (χ2v) is 7.79. The van der Waals surface area contributed by atoms with Gasteiger partial charge in [0.25, 0.3) is 0 Å². The summed E-state index contributed by atoms with van der Waals surface area (Å²) in [5.41, 5.74) is 7.87. The largest absolute Gasteiger partial charge is 0.389 e. The number of hydrogen-bond acceptors (Lipinski definition) is 5. The molecule has 0 spiro atoms. The Labute approximate surface area is 154 Å². The van der Waals surface area contributed by atoms with E-state index in [0.717, 1.165) is 28.8 Å². The number of rotatable bonds is 6. The number of hydrogen-bond donors (Lipinski definition) is 2. The average molecular weight is 355 g/mol. The van der Waals surface area contributed by atoms with Crippen LogP contribution in [0.4, 0.5) is 5.82 Å². The first kappa shape index (κ1) is 18.6. The number of anilines is 1. The van der Waals surface area contributed by atoms with Crippen LogP contribution in [0.1, 0.15) is 40.4 Å². The van der Waals surface area contributed by atoms with Crippen molar-refractivity contribution in [1.82, 2.24) is 19.4 Å². The first-order chi connectivity index (χ1) is 12.2. The number of benzene rings is 1. The predicted octanol–water partition coefficient (Wildman–Crippen LogP) is 3.17. The van der Waals surface area contributed by atoms with Crippen molar-refractivity contribution in [2.45, 2.75) is 59.4 Å². The Morgan fingerprint density at radius 2 is 1.92 bits per heavy atom. The van der Waals surface area contributed by atoms with E-state index in [0.29, 0.717) is 30.5 Å². The summed E-state index contributed by atoms with van der Waals surface area (Å²) in [5, 5.41) is 11.5. The smallest absolute Gasteiger partial charge is 0.152 e. The molecule has 0 unspecified atom stereocenters. The van der Waals surface area contributed by atoms with E-state index in [1.165, 1.54) is 0 Å². The van der Waals surface area contributed by atoms with Crippen LogP contribution in [0.25, 0.3) is 21.9 Å². The topological polar surface area (TPSA) is 80.2 Å². The van der Waals surface area contributed by atoms with E-state index in [-0.39, 0.29) is 0 Å². The Hall–Kier alpha value is -2.18. The molecule has 0 radical (unpaired) electrons. The van der Waals surface area contributed by atoms with Crippen molar-refractivity contribution in [3.05, 3.63) is 30.1 Å². The molecule has 2 heterocycles. The molecule has 0 aliphatic rings. The highest BCUT2D eigenvalue weighted by Crippen LogP contribution is 2.30. The van der Waals surface area contributed by atoms with E-state index < -0.39 is 5.60 Å². The Morgan fingerprint density at radius 3 is 2.54 bits per heavy atom. The van der Waals surface area contributed by atoms with Crippen molar-refractivity contribution in [1.29, 1.82) is 0 Å². The number of imidazole rings is 1. The van der Waals surface area contributed by atoms with Gasteiger partial charge in [-0.05, 0) is 40.3 Å². The van der Waals surface area contributed by atoms with Gasteiger partial charge in [0, 0.05) is 11.4 Å². The molecule has 0 fully saturated rings. The number of nitrogen functional groups attached to an aromatic ring is 1. The van der Waals surface area contributed by atoms with Gasteiger partial charge in [0.1, 0.15) is 11.3 Å². The lowest BCUT2D eigenvalue weighted by atomic mass is 10.1. The summed E-state index contributed by atoms with van der Waals surface area (Å²) in [5.74, 6) is 1.34. The molecule has 0 saturated carbocycles. The monoisotopic (exact) mass is 355 g/mol. The van der Waals surface area contributed by atoms with Gasteiger partial charge in [-0.15, -0.1) is 0 Å². The minimum absolute atomic E-state index is 0.405. The SMILES string of the molecule is CCN(Cc1nc2c(N)nc3ccccc3c2n1CC(C)(C)O)C(C)C. The van der Waals surface area contributed by atoms with Crippen molar-refractivity contribution in [2.24, 2.45) is 0 Å². The molecule has 3 rings (SSSR count). The number of para-hydroxylation sites is 1. The van der Waals surface area contributed by atoms with Crippen LogP contribution in [0.5, 0.6) is 0 Å². The number of aromatic nitrogens is 3. The van der Waals surface area contributed by atoms with E-state index in [1.54, 1.807) is 0 Å². The molecule has 0 aliphatic carbocycles. The molecule has 0 atom stereocenters. The summed E-state index contributed by atoms with van der Waals surface area (Å²) in [6.45, 7) is 12.2. The van der Waals surface area contributed by atoms with E-state index in [1.807, 2.05) is 38.1 Å². The maximum Gasteiger partial charge on any atom is 0.152 e. The highest BCUT2D eigenvalue weighted by molar-refractivity contribution is 6.06. The van der Waals surface area contributed by atoms with Crippen LogP contribution in [0.15, 0.2) is 24.3 Å². The zero-order chi connectivity index (χ0) is 19.1. The van der Waals surface area contributed by atoms with E-state index in [2.05, 4.69) is 35.2 Å². The molecule has 26 heavy (non-hydrogen) atoms. The van der Waals surface area contributed by atoms with E-state index in [9.17, 15) is 5.11 Å². The number of fused-ring (bicyclic) bond motifs is 3. The van der Waals surface area contributed by atoms with E-state index in [4.69, 9.17) is 10.7 Å². The zero-order valence-corrected chi connectivity index (χ0v) is 16.3. The first-order valence-corrected chi connectivity index (χ1v) is 9.21. The van der Waals surface area contributed by atoms with Crippen LogP contribution in [-0.4, -0.2) is 42.7 Å². The Balaban J connectivity index is 2.28. The van der Waals surface area contributed by atoms with Crippen LogP contribution in [0.2, 0.25) is 0 Å². The number of nitrogens with zero attached hydrogens (tertiary/aromatic N) is 4. The minimum Gasteiger partial charge on any atom is -0.389 e. The third-order valence-electron chi connectivity index (χ3n) is 4.72. The standard InChI is InChI=1S/C20H29N5O/c1-6-24(13(2)3)11-16-23-17-18(25(16)12-20(4,5)26)14-9-7-8-10-15(14)22-19(17)21/h7-10,13,26H,6,11-12H2,1-5H3,(H2,21,22). The van der Waals surface area contributed by atoms with Crippen molar-refractivity contribution in [3.8, 4) is 0 Å². The Bertz CT molecular complexity index is 923. The molecular weight excluding hydrogens is 326 g/mol. The minimum atomic E-state index is -0.865. The second-order valence-electron chi connectivity index (χ2n) is 7.79. The molecule has 6 heteroatoms. The Kier molecular flexibility index (Phi) is 4.90. The van der Waals surface area contributed by atoms with Gasteiger partial charge in [0.2, 0.25) is 0 Å². The summed E-state index contributed by atoms with van der Waals surface area (Å²) in [4.78, 5) is 11.7. The number of nitrogens with two attached hydrogens (primary N) is 1. The van der Waals surface area contributed by atoms with Crippen molar-refractivity contribution >= 4 is 27.8 Å². The third kappa shape index (κ3) is 3.52. The van der Waals surface area contributed by atoms with Crippen LogP contribution in [0, 0.1) is 0 Å². The molecule has 0 bridgehead atoms. The van der Waals surface area contributed by atoms with Gasteiger partial charge in [-0.1, -0.05) is 25.1 Å². The summed E-state index contributed by atoms with van der Waals surface area (Å²) < 4.78 is 2.11. The molecule has 2 aromatic heterocycles. The van der Waals surface area contributed by atoms with Gasteiger partial charge in [-0.3, -0.25) is 4.90 Å². The van der Waals surface area contributed by atoms with Gasteiger partial charge < -0.3 is 15.4 Å². The molecule has 0 saturated heterocycles. The summed E-state index contributed by atoms with van der Waals surface area (Å²) >= 11 is 0. The predicted molar refractivity (Wildman–Crippen MR) is 107 cm³/mol. The highest BCUT2D eigenvalue weighted by atomic mass is 16.3. The highest BCUT2D eigenvalue weighted by Gasteiger charge is 2.23. The average Bonchev–Trinajstić information content (AvgIpc) is 2.90. The Morgan fingerprint density at radius 1 is 1.23 bits per heavy atom. The molecule has 140 valence electrons. The first-order valence-electron chi connectivity index (χ1n) is 9.21. The maximum atomic E-state index is 10.5. The van der Waals surface area contributed by atoms with Gasteiger partial charge in [-0.25, -0.2) is 9.97 Å². The van der Waals surface area contributed by atoms with Gasteiger partial charge in [-0.2, -0.15) is 0 Å². The van der Waals surface area contributed by atoms with Crippen LogP contribution in [-0.2, 0) is 13.1 Å². The number of pyridine rings is 1. The molecule has 3 aromatic rings. The fourth-order valence-electron chi connectivity index (χ4n) is 3.42. The van der Waals surface area contributed by atoms with Crippen LogP contribution in [0.3, 0.4) is 0 Å². The van der Waals surface area contributed by atoms with Gasteiger partial charge in [0.15, 0.2) is 5.82 Å². The fraction of sp³-hybridized carbons (Fsp3) is 0.500. The van der Waals surface area contributed by atoms with Crippen molar-refractivity contribution in [3.63, 3.8) is 0 Å². The summed E-state index contributed by atoms with van der Waals surface area (Å²) in [7, 11) is 0. The van der Waals surface area contributed by atoms with Crippen LogP contribution >= 0.6 is 0 Å². The summed E-state index contributed by atoms with van der Waals surface area (Å²) in [6.07, 6.45) is 0. The number of aliphatic hydroxyl groups is 1. The van der Waals surface area contributed by atoms with Crippen molar-refractivity contribution in [2.75, 3.05) is 12.3 Å². The molecule has 0 aliphatic heterocycles. The third-order valence-corrected chi connectivity index (χ3v) is 4.72. The maximum absolute atomic E-state index is 10.5. The van der Waals surface area contributed by atoms with Gasteiger partial charge >= 0.3 is 0 Å². The lowest BCUT2D eigenvalue weighted by Crippen LogP contribution is -2.33. The molecule has 3 N–H and O–H groups in total. The molecule has 1 aromatic carbocycles. The lowest BCUT2D eigenvalue weighted by Gasteiger charge is -2.26. The molecule has 6 nitrogen and oxygen atoms in total. The fourth-order valence-corrected chi connectivity index (χ4v) is 3.42. The lowest BCUT2D eigenvalue weighted by molar-refractivity contribution is 0.0608. The van der Waals surface area contributed by atoms with Crippen LogP contribution < -0.4 is 5.73 Å². The molecule has 0 amide bonds.